The Bertz CT molecular complexity index is 1470. The molecule has 0 heterocycles. The van der Waals surface area contributed by atoms with Gasteiger partial charge in [0.25, 0.3) is 15.9 Å². The van der Waals surface area contributed by atoms with Crippen LogP contribution in [0.3, 0.4) is 0 Å². The van der Waals surface area contributed by atoms with Crippen molar-refractivity contribution in [3.63, 3.8) is 0 Å². The first-order valence-electron chi connectivity index (χ1n) is 12.2. The number of benzene rings is 3. The molecular formula is C27H28ClN5O6S. The van der Waals surface area contributed by atoms with E-state index in [0.29, 0.717) is 16.1 Å². The smallest absolute Gasteiger partial charge is 0.264 e. The molecule has 0 unspecified atom stereocenters. The number of hydrogen-bond acceptors (Lipinski definition) is 8. The molecule has 0 spiro atoms. The second-order valence-corrected chi connectivity index (χ2v) is 11.2. The quantitative estimate of drug-likeness (QED) is 0.288. The van der Waals surface area contributed by atoms with Crippen LogP contribution in [0.15, 0.2) is 82.0 Å². The number of nitroso groups, excluding NO2 is 2. The van der Waals surface area contributed by atoms with Crippen LogP contribution in [0.25, 0.3) is 0 Å². The molecule has 3 rings (SSSR count). The number of carbonyl (C=O) groups excluding carboxylic acids is 2. The number of carbonyl (C=O) groups is 2. The average Bonchev–Trinajstić information content (AvgIpc) is 2.93. The van der Waals surface area contributed by atoms with Crippen LogP contribution in [0, 0.1) is 23.7 Å². The highest BCUT2D eigenvalue weighted by Gasteiger charge is 2.28. The van der Waals surface area contributed by atoms with Crippen molar-refractivity contribution >= 4 is 39.1 Å². The molecule has 210 valence electrons. The molecule has 0 saturated heterocycles. The van der Waals surface area contributed by atoms with E-state index in [1.54, 1.807) is 49.4 Å². The Labute approximate surface area is 236 Å². The Kier molecular flexibility index (Phi) is 10.5. The molecule has 11 nitrogen and oxygen atoms in total. The van der Waals surface area contributed by atoms with E-state index in [4.69, 9.17) is 11.6 Å². The summed E-state index contributed by atoms with van der Waals surface area (Å²) >= 11 is 6.26. The molecule has 0 fully saturated rings. The number of anilines is 1. The largest absolute Gasteiger partial charge is 0.350 e. The van der Waals surface area contributed by atoms with Gasteiger partial charge in [-0.3, -0.25) is 13.9 Å². The lowest BCUT2D eigenvalue weighted by atomic mass is 10.1. The van der Waals surface area contributed by atoms with E-state index >= 15 is 0 Å². The first-order valence-corrected chi connectivity index (χ1v) is 14.0. The fraction of sp³-hybridized carbons (Fsp3) is 0.259. The first-order chi connectivity index (χ1) is 19.1. The minimum Gasteiger partial charge on any atom is -0.350 e. The lowest BCUT2D eigenvalue weighted by Gasteiger charge is -2.26. The summed E-state index contributed by atoms with van der Waals surface area (Å²) in [5, 5.41) is 11.0. The van der Waals surface area contributed by atoms with Crippen LogP contribution in [0.4, 0.5) is 5.69 Å². The maximum absolute atomic E-state index is 13.6. The number of halogens is 1. The summed E-state index contributed by atoms with van der Waals surface area (Å²) in [6.45, 7) is 2.53. The zero-order valence-corrected chi connectivity index (χ0v) is 23.4. The van der Waals surface area contributed by atoms with Gasteiger partial charge in [0.2, 0.25) is 5.91 Å². The highest BCUT2D eigenvalue weighted by atomic mass is 35.5. The van der Waals surface area contributed by atoms with Crippen LogP contribution >= 0.6 is 11.6 Å². The van der Waals surface area contributed by atoms with Crippen LogP contribution in [-0.4, -0.2) is 45.9 Å². The Morgan fingerprint density at radius 3 is 2.15 bits per heavy atom. The van der Waals surface area contributed by atoms with Crippen molar-refractivity contribution in [2.45, 2.75) is 31.3 Å². The number of nitrogens with zero attached hydrogens (tertiary/aromatic N) is 3. The van der Waals surface area contributed by atoms with E-state index in [0.717, 1.165) is 9.87 Å². The molecule has 2 N–H and O–H groups in total. The summed E-state index contributed by atoms with van der Waals surface area (Å²) in [4.78, 5) is 46.3. The van der Waals surface area contributed by atoms with Crippen LogP contribution in [0.1, 0.15) is 27.0 Å². The third-order valence-corrected chi connectivity index (χ3v) is 8.22. The summed E-state index contributed by atoms with van der Waals surface area (Å²) in [5.74, 6) is -1.07. The van der Waals surface area contributed by atoms with Crippen molar-refractivity contribution in [3.8, 4) is 0 Å². The van der Waals surface area contributed by atoms with Crippen molar-refractivity contribution in [2.75, 3.05) is 23.9 Å². The zero-order valence-electron chi connectivity index (χ0n) is 21.8. The van der Waals surface area contributed by atoms with Gasteiger partial charge in [0.1, 0.15) is 19.6 Å². The standard InChI is InChI=1S/C27H28ClN5O6S/c1-18-6-12-23(13-7-18)40(38,39)33(25-5-3-4-24(28)19(25)2)17-26(34)29-14-20-8-10-21(11-9-20)27(35)32-22(15-30-36)16-31-37/h3-13,22H,14-17H2,1-2H3,(H,29,34)(H,32,35). The number of aryl methyl sites for hydroxylation is 1. The van der Waals surface area contributed by atoms with Gasteiger partial charge < -0.3 is 10.6 Å². The summed E-state index contributed by atoms with van der Waals surface area (Å²) in [6.07, 6.45) is 0. The monoisotopic (exact) mass is 585 g/mol. The van der Waals surface area contributed by atoms with Gasteiger partial charge in [-0.1, -0.05) is 57.8 Å². The van der Waals surface area contributed by atoms with E-state index < -0.39 is 34.4 Å². The lowest BCUT2D eigenvalue weighted by Crippen LogP contribution is -2.41. The van der Waals surface area contributed by atoms with Crippen LogP contribution in [0.5, 0.6) is 0 Å². The Balaban J connectivity index is 1.73. The number of sulfonamides is 1. The van der Waals surface area contributed by atoms with Crippen LogP contribution in [-0.2, 0) is 21.4 Å². The van der Waals surface area contributed by atoms with Gasteiger partial charge in [0, 0.05) is 17.1 Å². The lowest BCUT2D eigenvalue weighted by molar-refractivity contribution is -0.119. The summed E-state index contributed by atoms with van der Waals surface area (Å²) in [5.41, 5.74) is 2.60. The molecule has 2 amide bonds. The minimum absolute atomic E-state index is 0.0363. The molecule has 0 aliphatic carbocycles. The summed E-state index contributed by atoms with van der Waals surface area (Å²) < 4.78 is 28.2. The van der Waals surface area contributed by atoms with Crippen molar-refractivity contribution in [3.05, 3.63) is 104 Å². The van der Waals surface area contributed by atoms with E-state index in [9.17, 15) is 27.8 Å². The second kappa shape index (κ2) is 13.8. The van der Waals surface area contributed by atoms with Crippen molar-refractivity contribution in [1.29, 1.82) is 0 Å². The number of hydrogen-bond donors (Lipinski definition) is 2. The molecule has 0 aliphatic heterocycles. The summed E-state index contributed by atoms with van der Waals surface area (Å²) in [7, 11) is -4.10. The van der Waals surface area contributed by atoms with Gasteiger partial charge in [-0.15, -0.1) is 0 Å². The van der Waals surface area contributed by atoms with Crippen LogP contribution in [0.2, 0.25) is 5.02 Å². The molecule has 3 aromatic carbocycles. The number of nitrogens with one attached hydrogen (secondary N) is 2. The summed E-state index contributed by atoms with van der Waals surface area (Å²) in [6, 6.07) is 16.6. The highest BCUT2D eigenvalue weighted by Crippen LogP contribution is 2.30. The topological polar surface area (TPSA) is 154 Å². The first kappa shape index (κ1) is 30.4. The van der Waals surface area contributed by atoms with Gasteiger partial charge in [0.05, 0.1) is 16.6 Å². The normalized spacial score (nSPS) is 11.1. The third kappa shape index (κ3) is 7.70. The minimum atomic E-state index is -4.10. The van der Waals surface area contributed by atoms with E-state index in [1.165, 1.54) is 24.3 Å². The van der Waals surface area contributed by atoms with Gasteiger partial charge in [-0.25, -0.2) is 8.42 Å². The fourth-order valence-electron chi connectivity index (χ4n) is 3.76. The van der Waals surface area contributed by atoms with Gasteiger partial charge in [-0.05, 0) is 61.4 Å². The fourth-order valence-corrected chi connectivity index (χ4v) is 5.41. The molecule has 0 aromatic heterocycles. The molecule has 40 heavy (non-hydrogen) atoms. The maximum Gasteiger partial charge on any atom is 0.264 e. The number of rotatable bonds is 13. The molecule has 0 aliphatic rings. The molecule has 0 bridgehead atoms. The second-order valence-electron chi connectivity index (χ2n) is 8.98. The SMILES string of the molecule is Cc1ccc(S(=O)(=O)N(CC(=O)NCc2ccc(C(=O)NC(CN=O)CN=O)cc2)c2cccc(Cl)c2C)cc1. The van der Waals surface area contributed by atoms with Gasteiger partial charge in [-0.2, -0.15) is 9.81 Å². The van der Waals surface area contributed by atoms with Gasteiger partial charge >= 0.3 is 0 Å². The Morgan fingerprint density at radius 1 is 0.925 bits per heavy atom. The average molecular weight is 586 g/mol. The van der Waals surface area contributed by atoms with Crippen molar-refractivity contribution < 1.29 is 18.0 Å². The molecule has 3 aromatic rings. The maximum atomic E-state index is 13.6. The van der Waals surface area contributed by atoms with Crippen molar-refractivity contribution in [1.82, 2.24) is 10.6 Å². The van der Waals surface area contributed by atoms with E-state index in [1.807, 2.05) is 6.92 Å². The predicted molar refractivity (Wildman–Crippen MR) is 153 cm³/mol. The molecule has 0 radical (unpaired) electrons. The van der Waals surface area contributed by atoms with E-state index in [-0.39, 0.29) is 35.8 Å². The predicted octanol–water partition coefficient (Wildman–Crippen LogP) is 4.10. The Morgan fingerprint density at radius 2 is 1.55 bits per heavy atom. The third-order valence-electron chi connectivity index (χ3n) is 6.03. The molecular weight excluding hydrogens is 558 g/mol. The zero-order chi connectivity index (χ0) is 29.3. The van der Waals surface area contributed by atoms with Gasteiger partial charge in [0.15, 0.2) is 0 Å². The Hall–Kier alpha value is -4.16. The highest BCUT2D eigenvalue weighted by molar-refractivity contribution is 7.92. The number of amides is 2. The molecule has 0 atom stereocenters. The molecule has 0 saturated carbocycles. The van der Waals surface area contributed by atoms with E-state index in [2.05, 4.69) is 21.0 Å². The van der Waals surface area contributed by atoms with Crippen LogP contribution < -0.4 is 14.9 Å². The molecule has 13 heteroatoms. The van der Waals surface area contributed by atoms with Crippen molar-refractivity contribution in [2.24, 2.45) is 10.4 Å².